The van der Waals surface area contributed by atoms with Gasteiger partial charge in [-0.2, -0.15) is 9.61 Å². The Kier molecular flexibility index (Phi) is 4.96. The third-order valence-corrected chi connectivity index (χ3v) is 5.61. The molecule has 0 aromatic carbocycles. The highest BCUT2D eigenvalue weighted by Gasteiger charge is 2.17. The van der Waals surface area contributed by atoms with Crippen LogP contribution in [0, 0.1) is 6.92 Å². The third kappa shape index (κ3) is 3.68. The summed E-state index contributed by atoms with van der Waals surface area (Å²) in [6.07, 6.45) is 1.68. The van der Waals surface area contributed by atoms with Crippen LogP contribution in [0.4, 0.5) is 0 Å². The molecule has 1 amide bonds. The van der Waals surface area contributed by atoms with Crippen molar-refractivity contribution in [3.8, 4) is 11.6 Å². The van der Waals surface area contributed by atoms with Gasteiger partial charge in [0, 0.05) is 24.8 Å². The zero-order chi connectivity index (χ0) is 19.7. The van der Waals surface area contributed by atoms with Gasteiger partial charge < -0.3 is 10.2 Å². The summed E-state index contributed by atoms with van der Waals surface area (Å²) in [5.74, 6) is 1.04. The van der Waals surface area contributed by atoms with Crippen LogP contribution < -0.4 is 11.3 Å². The lowest BCUT2D eigenvalue weighted by molar-refractivity contribution is -0.118. The number of primary amides is 1. The van der Waals surface area contributed by atoms with Gasteiger partial charge in [-0.25, -0.2) is 4.98 Å². The van der Waals surface area contributed by atoms with Crippen molar-refractivity contribution in [2.24, 2.45) is 5.73 Å². The highest BCUT2D eigenvalue weighted by atomic mass is 32.2. The van der Waals surface area contributed by atoms with Crippen LogP contribution >= 0.6 is 23.1 Å². The van der Waals surface area contributed by atoms with E-state index in [0.717, 1.165) is 5.01 Å². The molecular formula is C16H15N7O3S2. The maximum atomic E-state index is 12.2. The Morgan fingerprint density at radius 3 is 3.00 bits per heavy atom. The van der Waals surface area contributed by atoms with Crippen molar-refractivity contribution in [1.29, 1.82) is 0 Å². The molecule has 4 aromatic heterocycles. The second kappa shape index (κ2) is 7.56. The molecule has 0 fully saturated rings. The number of amides is 1. The quantitative estimate of drug-likeness (QED) is 0.447. The minimum atomic E-state index is -0.421. The van der Waals surface area contributed by atoms with Crippen molar-refractivity contribution in [3.05, 3.63) is 45.5 Å². The number of rotatable bonds is 7. The molecule has 0 bridgehead atoms. The molecule has 10 nitrogen and oxygen atoms in total. The Bertz CT molecular complexity index is 1190. The topological polar surface area (TPSA) is 134 Å². The Balaban J connectivity index is 1.61. The summed E-state index contributed by atoms with van der Waals surface area (Å²) in [6.45, 7) is 2.15. The Labute approximate surface area is 166 Å². The Morgan fingerprint density at radius 1 is 1.39 bits per heavy atom. The van der Waals surface area contributed by atoms with Crippen molar-refractivity contribution in [2.45, 2.75) is 30.8 Å². The summed E-state index contributed by atoms with van der Waals surface area (Å²) in [4.78, 5) is 28.5. The number of carbonyl (C=O) groups excluding carboxylic acids is 1. The van der Waals surface area contributed by atoms with Crippen molar-refractivity contribution >= 4 is 34.0 Å². The SMILES string of the molecule is Cc1nn2c(=O)cc(CSc3nnc(-c4ccco4)n3CCC(N)=O)nc2s1. The molecule has 0 aliphatic heterocycles. The zero-order valence-corrected chi connectivity index (χ0v) is 16.4. The first-order valence-corrected chi connectivity index (χ1v) is 10.1. The smallest absolute Gasteiger partial charge is 0.275 e. The molecule has 4 rings (SSSR count). The van der Waals surface area contributed by atoms with Crippen molar-refractivity contribution in [1.82, 2.24) is 29.4 Å². The summed E-state index contributed by atoms with van der Waals surface area (Å²) in [5, 5.41) is 13.8. The second-order valence-corrected chi connectivity index (χ2v) is 7.94. The molecule has 28 heavy (non-hydrogen) atoms. The number of nitrogens with zero attached hydrogens (tertiary/aromatic N) is 6. The first-order valence-electron chi connectivity index (χ1n) is 8.26. The number of fused-ring (bicyclic) bond motifs is 1. The van der Waals surface area contributed by atoms with Gasteiger partial charge in [0.1, 0.15) is 5.01 Å². The van der Waals surface area contributed by atoms with Gasteiger partial charge in [-0.15, -0.1) is 10.2 Å². The molecule has 0 atom stereocenters. The zero-order valence-electron chi connectivity index (χ0n) is 14.7. The minimum Gasteiger partial charge on any atom is -0.461 e. The standard InChI is InChI=1S/C16H15N7O3S2/c1-9-21-23-13(25)7-10(18-15(23)28-9)8-27-16-20-19-14(11-3-2-6-26-11)22(16)5-4-12(17)24/h2-3,6-7H,4-5,8H2,1H3,(H2,17,24). The number of aryl methyl sites for hydroxylation is 1. The van der Waals surface area contributed by atoms with E-state index in [9.17, 15) is 9.59 Å². The fourth-order valence-electron chi connectivity index (χ4n) is 2.57. The van der Waals surface area contributed by atoms with Gasteiger partial charge in [-0.1, -0.05) is 23.1 Å². The van der Waals surface area contributed by atoms with Crippen LogP contribution in [0.25, 0.3) is 16.5 Å². The fraction of sp³-hybridized carbons (Fsp3) is 0.250. The van der Waals surface area contributed by atoms with Gasteiger partial charge in [-0.05, 0) is 19.1 Å². The number of nitrogens with two attached hydrogens (primary N) is 1. The molecule has 0 aliphatic carbocycles. The number of carbonyl (C=O) groups is 1. The van der Waals surface area contributed by atoms with E-state index < -0.39 is 5.91 Å². The van der Waals surface area contributed by atoms with Gasteiger partial charge >= 0.3 is 0 Å². The summed E-state index contributed by atoms with van der Waals surface area (Å²) < 4.78 is 8.46. The van der Waals surface area contributed by atoms with Crippen LogP contribution in [0.2, 0.25) is 0 Å². The Hall–Kier alpha value is -2.99. The van der Waals surface area contributed by atoms with Gasteiger partial charge in [0.15, 0.2) is 16.7 Å². The Morgan fingerprint density at radius 2 is 2.25 bits per heavy atom. The molecule has 0 radical (unpaired) electrons. The minimum absolute atomic E-state index is 0.144. The highest BCUT2D eigenvalue weighted by molar-refractivity contribution is 7.98. The van der Waals surface area contributed by atoms with Gasteiger partial charge in [0.05, 0.1) is 12.0 Å². The molecule has 2 N–H and O–H groups in total. The van der Waals surface area contributed by atoms with Crippen LogP contribution in [0.1, 0.15) is 17.1 Å². The number of hydrogen-bond donors (Lipinski definition) is 1. The predicted molar refractivity (Wildman–Crippen MR) is 103 cm³/mol. The lowest BCUT2D eigenvalue weighted by Crippen LogP contribution is -2.15. The van der Waals surface area contributed by atoms with Crippen LogP contribution in [0.5, 0.6) is 0 Å². The summed E-state index contributed by atoms with van der Waals surface area (Å²) in [5.41, 5.74) is 5.68. The van der Waals surface area contributed by atoms with E-state index in [2.05, 4.69) is 20.3 Å². The van der Waals surface area contributed by atoms with E-state index >= 15 is 0 Å². The lowest BCUT2D eigenvalue weighted by atomic mass is 10.3. The van der Waals surface area contributed by atoms with Crippen LogP contribution in [0.15, 0.2) is 38.8 Å². The van der Waals surface area contributed by atoms with E-state index in [-0.39, 0.29) is 12.0 Å². The molecule has 0 spiro atoms. The molecule has 12 heteroatoms. The number of furan rings is 1. The lowest BCUT2D eigenvalue weighted by Gasteiger charge is -2.07. The second-order valence-electron chi connectivity index (χ2n) is 5.84. The van der Waals surface area contributed by atoms with E-state index in [1.807, 2.05) is 6.92 Å². The highest BCUT2D eigenvalue weighted by Crippen LogP contribution is 2.26. The average Bonchev–Trinajstić information content (AvgIpc) is 3.37. The van der Waals surface area contributed by atoms with Crippen LogP contribution in [0.3, 0.4) is 0 Å². The average molecular weight is 417 g/mol. The monoisotopic (exact) mass is 417 g/mol. The summed E-state index contributed by atoms with van der Waals surface area (Å²) in [7, 11) is 0. The van der Waals surface area contributed by atoms with E-state index in [1.54, 1.807) is 23.0 Å². The maximum Gasteiger partial charge on any atom is 0.275 e. The molecule has 0 saturated heterocycles. The van der Waals surface area contributed by atoms with Gasteiger partial charge in [-0.3, -0.25) is 14.2 Å². The fourth-order valence-corrected chi connectivity index (χ4v) is 4.20. The van der Waals surface area contributed by atoms with Crippen molar-refractivity contribution in [3.63, 3.8) is 0 Å². The molecular weight excluding hydrogens is 402 g/mol. The molecule has 0 aliphatic rings. The molecule has 0 saturated carbocycles. The number of hydrogen-bond acceptors (Lipinski definition) is 9. The molecule has 144 valence electrons. The summed E-state index contributed by atoms with van der Waals surface area (Å²) >= 11 is 2.72. The predicted octanol–water partition coefficient (Wildman–Crippen LogP) is 1.48. The van der Waals surface area contributed by atoms with Crippen LogP contribution in [-0.4, -0.2) is 35.3 Å². The van der Waals surface area contributed by atoms with E-state index in [1.165, 1.54) is 33.7 Å². The van der Waals surface area contributed by atoms with Crippen molar-refractivity contribution in [2.75, 3.05) is 0 Å². The van der Waals surface area contributed by atoms with Gasteiger partial charge in [0.2, 0.25) is 10.9 Å². The third-order valence-electron chi connectivity index (χ3n) is 3.79. The van der Waals surface area contributed by atoms with Crippen molar-refractivity contribution < 1.29 is 9.21 Å². The normalized spacial score (nSPS) is 11.3. The van der Waals surface area contributed by atoms with E-state index in [4.69, 9.17) is 10.2 Å². The molecule has 0 unspecified atom stereocenters. The van der Waals surface area contributed by atoms with Gasteiger partial charge in [0.25, 0.3) is 5.56 Å². The maximum absolute atomic E-state index is 12.2. The summed E-state index contributed by atoms with van der Waals surface area (Å²) in [6, 6.07) is 4.97. The van der Waals surface area contributed by atoms with Crippen LogP contribution in [-0.2, 0) is 17.1 Å². The number of aromatic nitrogens is 6. The van der Waals surface area contributed by atoms with E-state index in [0.29, 0.717) is 39.7 Å². The first-order chi connectivity index (χ1) is 13.5. The first kappa shape index (κ1) is 18.4. The largest absolute Gasteiger partial charge is 0.461 e. The molecule has 4 heterocycles. The number of thioether (sulfide) groups is 1. The molecule has 4 aromatic rings.